The van der Waals surface area contributed by atoms with Crippen LogP contribution in [0.3, 0.4) is 0 Å². The zero-order chi connectivity index (χ0) is 16.1. The molecule has 0 aromatic heterocycles. The van der Waals surface area contributed by atoms with Crippen LogP contribution in [0.2, 0.25) is 0 Å². The molecule has 3 nitrogen and oxygen atoms in total. The molecular formula is C18H21NO2S. The number of amides is 1. The minimum Gasteiger partial charge on any atom is -0.387 e. The van der Waals surface area contributed by atoms with E-state index in [0.717, 1.165) is 21.6 Å². The Morgan fingerprint density at radius 3 is 2.50 bits per heavy atom. The molecule has 0 aliphatic carbocycles. The van der Waals surface area contributed by atoms with Crippen molar-refractivity contribution in [3.63, 3.8) is 0 Å². The first kappa shape index (κ1) is 16.6. The fourth-order valence-electron chi connectivity index (χ4n) is 2.21. The Kier molecular flexibility index (Phi) is 5.63. The van der Waals surface area contributed by atoms with Crippen LogP contribution in [-0.2, 0) is 0 Å². The maximum absolute atomic E-state index is 12.2. The van der Waals surface area contributed by atoms with Gasteiger partial charge in [-0.1, -0.05) is 29.8 Å². The van der Waals surface area contributed by atoms with Gasteiger partial charge in [0.2, 0.25) is 0 Å². The van der Waals surface area contributed by atoms with Crippen molar-refractivity contribution in [2.45, 2.75) is 24.8 Å². The first-order valence-electron chi connectivity index (χ1n) is 7.18. The topological polar surface area (TPSA) is 49.3 Å². The van der Waals surface area contributed by atoms with Crippen molar-refractivity contribution < 1.29 is 9.90 Å². The number of carbonyl (C=O) groups excluding carboxylic acids is 1. The number of thioether (sulfide) groups is 1. The van der Waals surface area contributed by atoms with Gasteiger partial charge in [0, 0.05) is 17.0 Å². The molecule has 2 rings (SSSR count). The number of hydrogen-bond donors (Lipinski definition) is 2. The molecule has 0 aliphatic rings. The minimum absolute atomic E-state index is 0.152. The van der Waals surface area contributed by atoms with E-state index in [1.54, 1.807) is 11.8 Å². The first-order valence-corrected chi connectivity index (χ1v) is 8.41. The molecule has 0 aliphatic heterocycles. The van der Waals surface area contributed by atoms with Gasteiger partial charge in [-0.3, -0.25) is 4.79 Å². The molecule has 0 radical (unpaired) electrons. The van der Waals surface area contributed by atoms with Crippen molar-refractivity contribution in [1.82, 2.24) is 5.32 Å². The molecule has 116 valence electrons. The third-order valence-electron chi connectivity index (χ3n) is 3.59. The number of aliphatic hydroxyl groups is 1. The lowest BCUT2D eigenvalue weighted by molar-refractivity contribution is 0.0915. The van der Waals surface area contributed by atoms with Crippen molar-refractivity contribution in [3.8, 4) is 0 Å². The molecule has 22 heavy (non-hydrogen) atoms. The summed E-state index contributed by atoms with van der Waals surface area (Å²) in [6.07, 6.45) is 1.31. The maximum Gasteiger partial charge on any atom is 0.251 e. The molecular weight excluding hydrogens is 294 g/mol. The average molecular weight is 315 g/mol. The highest BCUT2D eigenvalue weighted by molar-refractivity contribution is 7.98. The first-order chi connectivity index (χ1) is 10.5. The zero-order valence-electron chi connectivity index (χ0n) is 13.1. The highest BCUT2D eigenvalue weighted by Gasteiger charge is 2.12. The third kappa shape index (κ3) is 4.12. The van der Waals surface area contributed by atoms with Gasteiger partial charge in [-0.25, -0.2) is 0 Å². The Hall–Kier alpha value is -1.78. The molecule has 0 saturated carbocycles. The van der Waals surface area contributed by atoms with Crippen molar-refractivity contribution in [1.29, 1.82) is 0 Å². The van der Waals surface area contributed by atoms with Crippen LogP contribution in [-0.4, -0.2) is 23.8 Å². The fourth-order valence-corrected chi connectivity index (χ4v) is 2.62. The summed E-state index contributed by atoms with van der Waals surface area (Å²) in [5, 5.41) is 13.0. The molecule has 2 aromatic carbocycles. The number of aliphatic hydroxyl groups excluding tert-OH is 1. The second kappa shape index (κ2) is 7.47. The SMILES string of the molecule is CSc1ccc([C@@H](O)CNC(=O)c2cc(C)ccc2C)cc1. The number of hydrogen-bond acceptors (Lipinski definition) is 3. The lowest BCUT2D eigenvalue weighted by Gasteiger charge is -2.14. The molecule has 0 heterocycles. The van der Waals surface area contributed by atoms with Gasteiger partial charge < -0.3 is 10.4 Å². The highest BCUT2D eigenvalue weighted by Crippen LogP contribution is 2.19. The second-order valence-electron chi connectivity index (χ2n) is 5.32. The molecule has 2 aromatic rings. The standard InChI is InChI=1S/C18H21NO2S/c1-12-4-5-13(2)16(10-12)18(21)19-11-17(20)14-6-8-15(22-3)9-7-14/h4-10,17,20H,11H2,1-3H3,(H,19,21)/t17-/m0/s1. The van der Waals surface area contributed by atoms with Crippen LogP contribution in [0, 0.1) is 13.8 Å². The lowest BCUT2D eigenvalue weighted by atomic mass is 10.0. The van der Waals surface area contributed by atoms with Crippen LogP contribution in [0.4, 0.5) is 0 Å². The molecule has 0 fully saturated rings. The van der Waals surface area contributed by atoms with Gasteiger partial charge >= 0.3 is 0 Å². The summed E-state index contributed by atoms with van der Waals surface area (Å²) in [6.45, 7) is 4.06. The maximum atomic E-state index is 12.2. The van der Waals surface area contributed by atoms with Gasteiger partial charge in [-0.15, -0.1) is 11.8 Å². The van der Waals surface area contributed by atoms with Gasteiger partial charge in [0.25, 0.3) is 5.91 Å². The third-order valence-corrected chi connectivity index (χ3v) is 4.34. The van der Waals surface area contributed by atoms with E-state index >= 15 is 0 Å². The smallest absolute Gasteiger partial charge is 0.251 e. The number of aryl methyl sites for hydroxylation is 2. The molecule has 0 saturated heterocycles. The Balaban J connectivity index is 1.99. The van der Waals surface area contributed by atoms with Gasteiger partial charge in [-0.05, 0) is 49.4 Å². The van der Waals surface area contributed by atoms with E-state index in [2.05, 4.69) is 5.32 Å². The zero-order valence-corrected chi connectivity index (χ0v) is 13.9. The van der Waals surface area contributed by atoms with E-state index in [0.29, 0.717) is 5.56 Å². The highest BCUT2D eigenvalue weighted by atomic mass is 32.2. The lowest BCUT2D eigenvalue weighted by Crippen LogP contribution is -2.29. The predicted octanol–water partition coefficient (Wildman–Crippen LogP) is 3.49. The Morgan fingerprint density at radius 2 is 1.86 bits per heavy atom. The minimum atomic E-state index is -0.704. The number of nitrogens with one attached hydrogen (secondary N) is 1. The van der Waals surface area contributed by atoms with Crippen LogP contribution in [0.25, 0.3) is 0 Å². The number of carbonyl (C=O) groups is 1. The summed E-state index contributed by atoms with van der Waals surface area (Å²) in [5.41, 5.74) is 3.44. The van der Waals surface area contributed by atoms with Crippen LogP contribution < -0.4 is 5.32 Å². The molecule has 1 amide bonds. The number of rotatable bonds is 5. The summed E-state index contributed by atoms with van der Waals surface area (Å²) in [7, 11) is 0. The van der Waals surface area contributed by atoms with Crippen LogP contribution in [0.5, 0.6) is 0 Å². The Morgan fingerprint density at radius 1 is 1.18 bits per heavy atom. The number of benzene rings is 2. The molecule has 0 spiro atoms. The van der Waals surface area contributed by atoms with Crippen molar-refractivity contribution in [2.24, 2.45) is 0 Å². The van der Waals surface area contributed by atoms with E-state index in [-0.39, 0.29) is 12.5 Å². The molecule has 1 atom stereocenters. The van der Waals surface area contributed by atoms with Gasteiger partial charge in [0.15, 0.2) is 0 Å². The Labute approximate surface area is 135 Å². The summed E-state index contributed by atoms with van der Waals surface area (Å²) in [5.74, 6) is -0.152. The van der Waals surface area contributed by atoms with E-state index < -0.39 is 6.10 Å². The van der Waals surface area contributed by atoms with Crippen molar-refractivity contribution in [3.05, 3.63) is 64.7 Å². The molecule has 0 bridgehead atoms. The molecule has 4 heteroatoms. The molecule has 0 unspecified atom stereocenters. The van der Waals surface area contributed by atoms with E-state index in [9.17, 15) is 9.90 Å². The van der Waals surface area contributed by atoms with Crippen LogP contribution in [0.15, 0.2) is 47.4 Å². The normalized spacial score (nSPS) is 12.0. The van der Waals surface area contributed by atoms with E-state index in [1.807, 2.05) is 62.6 Å². The largest absolute Gasteiger partial charge is 0.387 e. The average Bonchev–Trinajstić information content (AvgIpc) is 2.54. The van der Waals surface area contributed by atoms with Crippen LogP contribution >= 0.6 is 11.8 Å². The van der Waals surface area contributed by atoms with E-state index in [4.69, 9.17) is 0 Å². The monoisotopic (exact) mass is 315 g/mol. The predicted molar refractivity (Wildman–Crippen MR) is 91.4 cm³/mol. The van der Waals surface area contributed by atoms with Crippen molar-refractivity contribution >= 4 is 17.7 Å². The van der Waals surface area contributed by atoms with E-state index in [1.165, 1.54) is 0 Å². The summed E-state index contributed by atoms with van der Waals surface area (Å²) in [4.78, 5) is 13.4. The van der Waals surface area contributed by atoms with Gasteiger partial charge in [-0.2, -0.15) is 0 Å². The fraction of sp³-hybridized carbons (Fsp3) is 0.278. The van der Waals surface area contributed by atoms with Crippen LogP contribution in [0.1, 0.15) is 33.2 Å². The summed E-state index contributed by atoms with van der Waals surface area (Å²) >= 11 is 1.66. The van der Waals surface area contributed by atoms with Gasteiger partial charge in [0.05, 0.1) is 6.10 Å². The Bertz CT molecular complexity index is 653. The quantitative estimate of drug-likeness (QED) is 0.830. The summed E-state index contributed by atoms with van der Waals surface area (Å²) < 4.78 is 0. The van der Waals surface area contributed by atoms with Crippen molar-refractivity contribution in [2.75, 3.05) is 12.8 Å². The van der Waals surface area contributed by atoms with Gasteiger partial charge in [0.1, 0.15) is 0 Å². The summed E-state index contributed by atoms with van der Waals surface area (Å²) in [6, 6.07) is 13.5. The molecule has 2 N–H and O–H groups in total. The second-order valence-corrected chi connectivity index (χ2v) is 6.20.